The van der Waals surface area contributed by atoms with Gasteiger partial charge in [0, 0.05) is 5.56 Å². The Morgan fingerprint density at radius 1 is 1.57 bits per heavy atom. The second-order valence-corrected chi connectivity index (χ2v) is 2.93. The smallest absolute Gasteiger partial charge is 0.131 e. The van der Waals surface area contributed by atoms with E-state index < -0.39 is 0 Å². The van der Waals surface area contributed by atoms with Crippen molar-refractivity contribution in [1.29, 1.82) is 0 Å². The van der Waals surface area contributed by atoms with Crippen LogP contribution in [0.15, 0.2) is 18.2 Å². The third kappa shape index (κ3) is 2.79. The van der Waals surface area contributed by atoms with Crippen molar-refractivity contribution >= 4 is 17.9 Å². The van der Waals surface area contributed by atoms with E-state index in [9.17, 15) is 4.79 Å². The Kier molecular flexibility index (Phi) is 4.03. The normalized spacial score (nSPS) is 8.71. The van der Waals surface area contributed by atoms with Gasteiger partial charge in [0.25, 0.3) is 0 Å². The van der Waals surface area contributed by atoms with Gasteiger partial charge in [-0.1, -0.05) is 23.4 Å². The van der Waals surface area contributed by atoms with Crippen LogP contribution in [-0.4, -0.2) is 13.4 Å². The van der Waals surface area contributed by atoms with E-state index in [1.807, 2.05) is 0 Å². The summed E-state index contributed by atoms with van der Waals surface area (Å²) in [4.78, 5) is 10.0. The zero-order chi connectivity index (χ0) is 10.4. The first-order chi connectivity index (χ1) is 6.77. The van der Waals surface area contributed by atoms with Gasteiger partial charge in [0.05, 0.1) is 18.6 Å². The Morgan fingerprint density at radius 3 is 2.93 bits per heavy atom. The number of ether oxygens (including phenoxy) is 1. The second kappa shape index (κ2) is 5.31. The summed E-state index contributed by atoms with van der Waals surface area (Å²) >= 11 is 5.92. The first-order valence-electron chi connectivity index (χ1n) is 4.04. The van der Waals surface area contributed by atoms with E-state index in [0.29, 0.717) is 16.3 Å². The molecule has 0 saturated heterocycles. The largest absolute Gasteiger partial charge is 0.497 e. The summed E-state index contributed by atoms with van der Waals surface area (Å²) in [7, 11) is 1.57. The van der Waals surface area contributed by atoms with Gasteiger partial charge in [-0.25, -0.2) is 0 Å². The van der Waals surface area contributed by atoms with Crippen molar-refractivity contribution in [3.63, 3.8) is 0 Å². The van der Waals surface area contributed by atoms with Crippen LogP contribution >= 0.6 is 11.6 Å². The van der Waals surface area contributed by atoms with Crippen LogP contribution in [0.25, 0.3) is 0 Å². The zero-order valence-electron chi connectivity index (χ0n) is 7.71. The van der Waals surface area contributed by atoms with Crippen LogP contribution in [0.5, 0.6) is 5.75 Å². The summed E-state index contributed by atoms with van der Waals surface area (Å²) in [5.74, 6) is 6.17. The molecular formula is C11H9ClO2. The first kappa shape index (κ1) is 10.6. The van der Waals surface area contributed by atoms with Gasteiger partial charge in [0.15, 0.2) is 0 Å². The van der Waals surface area contributed by atoms with Crippen molar-refractivity contribution < 1.29 is 9.53 Å². The van der Waals surface area contributed by atoms with Gasteiger partial charge < -0.3 is 9.53 Å². The molecule has 3 heteroatoms. The highest BCUT2D eigenvalue weighted by atomic mass is 35.5. The quantitative estimate of drug-likeness (QED) is 0.551. The van der Waals surface area contributed by atoms with E-state index in [0.717, 1.165) is 6.29 Å². The lowest BCUT2D eigenvalue weighted by Gasteiger charge is -2.00. The molecule has 1 rings (SSSR count). The lowest BCUT2D eigenvalue weighted by Crippen LogP contribution is -1.84. The first-order valence-corrected chi connectivity index (χ1v) is 4.41. The summed E-state index contributed by atoms with van der Waals surface area (Å²) in [5.41, 5.74) is 0.703. The molecule has 0 aliphatic heterocycles. The molecule has 0 amide bonds. The van der Waals surface area contributed by atoms with Crippen molar-refractivity contribution in [2.45, 2.75) is 6.42 Å². The molecule has 0 bridgehead atoms. The number of methoxy groups -OCH3 is 1. The van der Waals surface area contributed by atoms with Crippen molar-refractivity contribution in [2.24, 2.45) is 0 Å². The minimum Gasteiger partial charge on any atom is -0.497 e. The topological polar surface area (TPSA) is 26.3 Å². The second-order valence-electron chi connectivity index (χ2n) is 2.52. The number of rotatable bonds is 2. The zero-order valence-corrected chi connectivity index (χ0v) is 8.47. The molecule has 0 spiro atoms. The van der Waals surface area contributed by atoms with Gasteiger partial charge >= 0.3 is 0 Å². The molecule has 0 heterocycles. The highest BCUT2D eigenvalue weighted by molar-refractivity contribution is 6.31. The average molecular weight is 209 g/mol. The fourth-order valence-electron chi connectivity index (χ4n) is 0.912. The lowest BCUT2D eigenvalue weighted by atomic mass is 10.2. The summed E-state index contributed by atoms with van der Waals surface area (Å²) in [5, 5.41) is 0.530. The predicted molar refractivity (Wildman–Crippen MR) is 55.6 cm³/mol. The van der Waals surface area contributed by atoms with Gasteiger partial charge in [0.2, 0.25) is 0 Å². The van der Waals surface area contributed by atoms with E-state index in [1.54, 1.807) is 25.3 Å². The molecule has 0 aromatic heterocycles. The van der Waals surface area contributed by atoms with Gasteiger partial charge in [-0.2, -0.15) is 0 Å². The molecule has 0 saturated carbocycles. The molecule has 1 aromatic rings. The lowest BCUT2D eigenvalue weighted by molar-refractivity contribution is -0.107. The molecule has 0 aliphatic rings. The van der Waals surface area contributed by atoms with Gasteiger partial charge in [-0.05, 0) is 18.2 Å². The molecule has 0 aliphatic carbocycles. The van der Waals surface area contributed by atoms with E-state index in [-0.39, 0.29) is 6.42 Å². The molecule has 0 N–H and O–H groups in total. The summed E-state index contributed by atoms with van der Waals surface area (Å²) in [6.45, 7) is 0. The van der Waals surface area contributed by atoms with Gasteiger partial charge in [0.1, 0.15) is 12.0 Å². The van der Waals surface area contributed by atoms with Crippen molar-refractivity contribution in [2.75, 3.05) is 7.11 Å². The van der Waals surface area contributed by atoms with Crippen LogP contribution in [-0.2, 0) is 4.79 Å². The van der Waals surface area contributed by atoms with E-state index >= 15 is 0 Å². The third-order valence-electron chi connectivity index (χ3n) is 1.58. The Labute approximate surface area is 87.8 Å². The standard InChI is InChI=1S/C11H9ClO2/c1-14-10-6-5-9(11(12)8-10)4-2-3-7-13/h5-8H,3H2,1H3. The van der Waals surface area contributed by atoms with Crippen LogP contribution in [0.2, 0.25) is 5.02 Å². The Balaban J connectivity index is 2.90. The number of carbonyl (C=O) groups excluding carboxylic acids is 1. The fourth-order valence-corrected chi connectivity index (χ4v) is 1.13. The number of hydrogen-bond acceptors (Lipinski definition) is 2. The number of carbonyl (C=O) groups is 1. The van der Waals surface area contributed by atoms with Crippen molar-refractivity contribution in [1.82, 2.24) is 0 Å². The molecule has 0 fully saturated rings. The third-order valence-corrected chi connectivity index (χ3v) is 1.90. The maximum atomic E-state index is 10.0. The molecule has 2 nitrogen and oxygen atoms in total. The molecule has 0 atom stereocenters. The number of aldehydes is 1. The highest BCUT2D eigenvalue weighted by Gasteiger charge is 1.98. The Bertz CT molecular complexity index is 388. The molecule has 0 unspecified atom stereocenters. The van der Waals surface area contributed by atoms with E-state index in [2.05, 4.69) is 11.8 Å². The highest BCUT2D eigenvalue weighted by Crippen LogP contribution is 2.21. The van der Waals surface area contributed by atoms with Crippen LogP contribution in [0.1, 0.15) is 12.0 Å². The fraction of sp³-hybridized carbons (Fsp3) is 0.182. The average Bonchev–Trinajstić information content (AvgIpc) is 2.20. The van der Waals surface area contributed by atoms with Crippen molar-refractivity contribution in [3.8, 4) is 17.6 Å². The number of halogens is 1. The molecule has 14 heavy (non-hydrogen) atoms. The molecule has 72 valence electrons. The van der Waals surface area contributed by atoms with E-state index in [1.165, 1.54) is 0 Å². The minimum absolute atomic E-state index is 0.225. The van der Waals surface area contributed by atoms with Crippen LogP contribution in [0.4, 0.5) is 0 Å². The Hall–Kier alpha value is -1.46. The maximum Gasteiger partial charge on any atom is 0.131 e. The van der Waals surface area contributed by atoms with Crippen LogP contribution in [0.3, 0.4) is 0 Å². The summed E-state index contributed by atoms with van der Waals surface area (Å²) < 4.78 is 4.99. The number of hydrogen-bond donors (Lipinski definition) is 0. The maximum absolute atomic E-state index is 10.0. The van der Waals surface area contributed by atoms with Gasteiger partial charge in [-0.15, -0.1) is 0 Å². The number of benzene rings is 1. The van der Waals surface area contributed by atoms with Crippen LogP contribution < -0.4 is 4.74 Å². The molecule has 1 aromatic carbocycles. The van der Waals surface area contributed by atoms with Crippen LogP contribution in [0, 0.1) is 11.8 Å². The van der Waals surface area contributed by atoms with E-state index in [4.69, 9.17) is 16.3 Å². The molecular weight excluding hydrogens is 200 g/mol. The Morgan fingerprint density at radius 2 is 2.36 bits per heavy atom. The molecule has 0 radical (unpaired) electrons. The monoisotopic (exact) mass is 208 g/mol. The minimum atomic E-state index is 0.225. The van der Waals surface area contributed by atoms with Crippen molar-refractivity contribution in [3.05, 3.63) is 28.8 Å². The van der Waals surface area contributed by atoms with Gasteiger partial charge in [-0.3, -0.25) is 0 Å². The summed E-state index contributed by atoms with van der Waals surface area (Å²) in [6, 6.07) is 5.22. The summed E-state index contributed by atoms with van der Waals surface area (Å²) in [6.07, 6.45) is 0.979. The predicted octanol–water partition coefficient (Wildman–Crippen LogP) is 2.29. The SMILES string of the molecule is COc1ccc(C#CCC=O)c(Cl)c1.